The zero-order chi connectivity index (χ0) is 17.4. The van der Waals surface area contributed by atoms with Crippen LogP contribution in [0.25, 0.3) is 10.9 Å². The zero-order valence-corrected chi connectivity index (χ0v) is 13.9. The van der Waals surface area contributed by atoms with Gasteiger partial charge in [0.2, 0.25) is 6.79 Å². The molecule has 1 atom stereocenters. The summed E-state index contributed by atoms with van der Waals surface area (Å²) >= 11 is 0. The topological polar surface area (TPSA) is 60.7 Å². The van der Waals surface area contributed by atoms with E-state index in [1.165, 1.54) is 0 Å². The van der Waals surface area contributed by atoms with E-state index in [4.69, 9.17) is 9.47 Å². The van der Waals surface area contributed by atoms with E-state index < -0.39 is 5.97 Å². The molecule has 0 radical (unpaired) electrons. The van der Waals surface area contributed by atoms with Gasteiger partial charge in [-0.25, -0.2) is 0 Å². The maximum Gasteiger partial charge on any atom is 0.304 e. The van der Waals surface area contributed by atoms with Crippen LogP contribution in [0.15, 0.2) is 48.7 Å². The van der Waals surface area contributed by atoms with Crippen LogP contribution in [0.1, 0.15) is 30.4 Å². The lowest BCUT2D eigenvalue weighted by Crippen LogP contribution is -2.08. The highest BCUT2D eigenvalue weighted by molar-refractivity contribution is 5.86. The fourth-order valence-electron chi connectivity index (χ4n) is 3.53. The molecular formula is C20H19NO4. The maximum atomic E-state index is 11.5. The van der Waals surface area contributed by atoms with Crippen LogP contribution >= 0.6 is 0 Å². The molecule has 2 aromatic carbocycles. The Morgan fingerprint density at radius 3 is 2.80 bits per heavy atom. The van der Waals surface area contributed by atoms with Gasteiger partial charge in [0.15, 0.2) is 11.5 Å². The first-order valence-electron chi connectivity index (χ1n) is 8.36. The number of rotatable bonds is 5. The van der Waals surface area contributed by atoms with Crippen molar-refractivity contribution in [3.8, 4) is 11.5 Å². The van der Waals surface area contributed by atoms with Gasteiger partial charge in [-0.2, -0.15) is 0 Å². The number of hydrogen-bond donors (Lipinski definition) is 1. The Balaban J connectivity index is 1.86. The van der Waals surface area contributed by atoms with Crippen LogP contribution in [-0.2, 0) is 11.3 Å². The fraction of sp³-hybridized carbons (Fsp3) is 0.250. The summed E-state index contributed by atoms with van der Waals surface area (Å²) in [5.74, 6) is 0.307. The molecule has 0 saturated heterocycles. The van der Waals surface area contributed by atoms with Crippen molar-refractivity contribution in [1.29, 1.82) is 0 Å². The number of aliphatic carboxylic acids is 1. The summed E-state index contributed by atoms with van der Waals surface area (Å²) in [5, 5.41) is 10.6. The fourth-order valence-corrected chi connectivity index (χ4v) is 3.53. The van der Waals surface area contributed by atoms with E-state index in [1.807, 2.05) is 30.3 Å². The number of hydrogen-bond acceptors (Lipinski definition) is 3. The Kier molecular flexibility index (Phi) is 3.84. The minimum Gasteiger partial charge on any atom is -0.481 e. The van der Waals surface area contributed by atoms with Crippen molar-refractivity contribution < 1.29 is 19.4 Å². The standard InChI is InChI=1S/C20H19NO4/c1-2-21-11-16(14-5-3-4-6-17(14)21)15(10-20(22)23)13-7-8-18-19(9-13)25-12-24-18/h3-9,11,15H,2,10,12H2,1H3,(H,22,23). The van der Waals surface area contributed by atoms with Crippen molar-refractivity contribution in [1.82, 2.24) is 4.57 Å². The first kappa shape index (κ1) is 15.6. The second-order valence-corrected chi connectivity index (χ2v) is 6.15. The van der Waals surface area contributed by atoms with Gasteiger partial charge in [-0.3, -0.25) is 4.79 Å². The lowest BCUT2D eigenvalue weighted by atomic mass is 9.88. The third-order valence-corrected chi connectivity index (χ3v) is 4.71. The molecule has 0 amide bonds. The highest BCUT2D eigenvalue weighted by atomic mass is 16.7. The summed E-state index contributed by atoms with van der Waals surface area (Å²) in [7, 11) is 0. The summed E-state index contributed by atoms with van der Waals surface area (Å²) in [5.41, 5.74) is 3.07. The molecule has 1 unspecified atom stereocenters. The molecule has 1 N–H and O–H groups in total. The number of carboxylic acid groups (broad SMARTS) is 1. The third-order valence-electron chi connectivity index (χ3n) is 4.71. The largest absolute Gasteiger partial charge is 0.481 e. The van der Waals surface area contributed by atoms with Crippen LogP contribution in [-0.4, -0.2) is 22.4 Å². The van der Waals surface area contributed by atoms with E-state index in [2.05, 4.69) is 29.8 Å². The van der Waals surface area contributed by atoms with Crippen molar-refractivity contribution in [2.24, 2.45) is 0 Å². The van der Waals surface area contributed by atoms with Crippen molar-refractivity contribution in [2.45, 2.75) is 25.8 Å². The van der Waals surface area contributed by atoms with Gasteiger partial charge in [0.05, 0.1) is 6.42 Å². The Hall–Kier alpha value is -2.95. The summed E-state index contributed by atoms with van der Waals surface area (Å²) in [6.45, 7) is 3.13. The maximum absolute atomic E-state index is 11.5. The van der Waals surface area contributed by atoms with Crippen LogP contribution in [0.4, 0.5) is 0 Å². The van der Waals surface area contributed by atoms with Gasteiger partial charge < -0.3 is 19.1 Å². The highest BCUT2D eigenvalue weighted by Gasteiger charge is 2.24. The van der Waals surface area contributed by atoms with Crippen molar-refractivity contribution in [3.05, 3.63) is 59.8 Å². The van der Waals surface area contributed by atoms with E-state index in [0.29, 0.717) is 11.5 Å². The number of aromatic nitrogens is 1. The smallest absolute Gasteiger partial charge is 0.304 e. The molecule has 128 valence electrons. The van der Waals surface area contributed by atoms with Gasteiger partial charge in [0, 0.05) is 29.6 Å². The summed E-state index contributed by atoms with van der Waals surface area (Å²) in [6.07, 6.45) is 2.10. The zero-order valence-electron chi connectivity index (χ0n) is 13.9. The van der Waals surface area contributed by atoms with Gasteiger partial charge in [0.25, 0.3) is 0 Å². The molecule has 0 aliphatic carbocycles. The van der Waals surface area contributed by atoms with Crippen molar-refractivity contribution in [3.63, 3.8) is 0 Å². The van der Waals surface area contributed by atoms with Gasteiger partial charge >= 0.3 is 5.97 Å². The Morgan fingerprint density at radius 2 is 2.00 bits per heavy atom. The van der Waals surface area contributed by atoms with Gasteiger partial charge in [-0.1, -0.05) is 24.3 Å². The van der Waals surface area contributed by atoms with Crippen LogP contribution in [0.3, 0.4) is 0 Å². The molecule has 0 saturated carbocycles. The average molecular weight is 337 g/mol. The molecule has 5 nitrogen and oxygen atoms in total. The minimum atomic E-state index is -0.823. The molecule has 5 heteroatoms. The average Bonchev–Trinajstić information content (AvgIpc) is 3.23. The van der Waals surface area contributed by atoms with Crippen LogP contribution in [0.2, 0.25) is 0 Å². The van der Waals surface area contributed by atoms with Gasteiger partial charge in [0.1, 0.15) is 0 Å². The van der Waals surface area contributed by atoms with E-state index in [1.54, 1.807) is 0 Å². The van der Waals surface area contributed by atoms with Crippen LogP contribution in [0.5, 0.6) is 11.5 Å². The molecule has 1 aromatic heterocycles. The Bertz CT molecular complexity index is 944. The van der Waals surface area contributed by atoms with Gasteiger partial charge in [-0.05, 0) is 36.2 Å². The summed E-state index contributed by atoms with van der Waals surface area (Å²) in [6, 6.07) is 13.8. The van der Waals surface area contributed by atoms with E-state index >= 15 is 0 Å². The molecule has 2 heterocycles. The van der Waals surface area contributed by atoms with E-state index in [9.17, 15) is 9.90 Å². The third kappa shape index (κ3) is 2.71. The molecule has 25 heavy (non-hydrogen) atoms. The number of aryl methyl sites for hydroxylation is 1. The second kappa shape index (κ2) is 6.16. The molecule has 1 aliphatic heterocycles. The lowest BCUT2D eigenvalue weighted by Gasteiger charge is -2.15. The normalized spacial score (nSPS) is 14.0. The second-order valence-electron chi connectivity index (χ2n) is 6.15. The van der Waals surface area contributed by atoms with E-state index in [0.717, 1.165) is 28.6 Å². The van der Waals surface area contributed by atoms with E-state index in [-0.39, 0.29) is 19.1 Å². The molecule has 4 rings (SSSR count). The molecule has 0 fully saturated rings. The molecule has 0 spiro atoms. The number of carbonyl (C=O) groups is 1. The van der Waals surface area contributed by atoms with Crippen LogP contribution in [0, 0.1) is 0 Å². The first-order chi connectivity index (χ1) is 12.2. The number of fused-ring (bicyclic) bond motifs is 2. The Morgan fingerprint density at radius 1 is 1.20 bits per heavy atom. The van der Waals surface area contributed by atoms with Crippen LogP contribution < -0.4 is 9.47 Å². The lowest BCUT2D eigenvalue weighted by molar-refractivity contribution is -0.137. The monoisotopic (exact) mass is 337 g/mol. The molecule has 0 bridgehead atoms. The number of ether oxygens (including phenoxy) is 2. The number of benzene rings is 2. The summed E-state index contributed by atoms with van der Waals surface area (Å²) < 4.78 is 13.0. The minimum absolute atomic E-state index is 0.0252. The predicted molar refractivity (Wildman–Crippen MR) is 94.3 cm³/mol. The quantitative estimate of drug-likeness (QED) is 0.764. The number of carboxylic acids is 1. The van der Waals surface area contributed by atoms with Crippen molar-refractivity contribution >= 4 is 16.9 Å². The number of nitrogens with zero attached hydrogens (tertiary/aromatic N) is 1. The Labute approximate surface area is 145 Å². The molecule has 3 aromatic rings. The molecular weight excluding hydrogens is 318 g/mol. The molecule has 1 aliphatic rings. The summed E-state index contributed by atoms with van der Waals surface area (Å²) in [4.78, 5) is 11.5. The van der Waals surface area contributed by atoms with Crippen molar-refractivity contribution in [2.75, 3.05) is 6.79 Å². The SMILES string of the molecule is CCn1cc(C(CC(=O)O)c2ccc3c(c2)OCO3)c2ccccc21. The van der Waals surface area contributed by atoms with Gasteiger partial charge in [-0.15, -0.1) is 0 Å². The first-order valence-corrected chi connectivity index (χ1v) is 8.36. The highest BCUT2D eigenvalue weighted by Crippen LogP contribution is 2.39. The predicted octanol–water partition coefficient (Wildman–Crippen LogP) is 4.00. The number of para-hydroxylation sites is 1.